The number of rotatable bonds is 14. The van der Waals surface area contributed by atoms with Crippen LogP contribution in [0.2, 0.25) is 0 Å². The predicted octanol–water partition coefficient (Wildman–Crippen LogP) is 8.96. The molecule has 0 aliphatic carbocycles. The van der Waals surface area contributed by atoms with Crippen LogP contribution >= 0.6 is 0 Å². The third-order valence-electron chi connectivity index (χ3n) is 7.66. The van der Waals surface area contributed by atoms with Crippen molar-refractivity contribution < 1.29 is 19.1 Å². The third kappa shape index (κ3) is 8.70. The highest BCUT2D eigenvalue weighted by Gasteiger charge is 2.14. The van der Waals surface area contributed by atoms with Gasteiger partial charge in [0.2, 0.25) is 0 Å². The first-order valence-electron chi connectivity index (χ1n) is 15.3. The summed E-state index contributed by atoms with van der Waals surface area (Å²) in [6.45, 7) is 7.48. The molecule has 46 heavy (non-hydrogen) atoms. The molecule has 5 rings (SSSR count). The Labute approximate surface area is 271 Å². The smallest absolute Gasteiger partial charge is 0.330 e. The Bertz CT molecular complexity index is 1670. The fraction of sp³-hybridized carbons (Fsp3) is 0.122. The molecule has 0 saturated carbocycles. The average Bonchev–Trinajstić information content (AvgIpc) is 3.10. The molecule has 0 amide bonds. The highest BCUT2D eigenvalue weighted by Crippen LogP contribution is 2.36. The van der Waals surface area contributed by atoms with Crippen LogP contribution in [0.4, 0.5) is 17.1 Å². The molecule has 0 radical (unpaired) electrons. The average molecular weight is 608 g/mol. The van der Waals surface area contributed by atoms with Gasteiger partial charge in [0.05, 0.1) is 13.2 Å². The first kappa shape index (κ1) is 31.7. The Morgan fingerprint density at radius 1 is 0.500 bits per heavy atom. The summed E-state index contributed by atoms with van der Waals surface area (Å²) in [7, 11) is 0. The Morgan fingerprint density at radius 2 is 0.870 bits per heavy atom. The number of carbonyl (C=O) groups is 2. The van der Waals surface area contributed by atoms with Crippen LogP contribution in [-0.2, 0) is 38.3 Å². The van der Waals surface area contributed by atoms with Crippen LogP contribution in [0, 0.1) is 0 Å². The number of esters is 2. The number of hydrogen-bond acceptors (Lipinski definition) is 5. The van der Waals surface area contributed by atoms with E-state index in [0.717, 1.165) is 45.7 Å². The lowest BCUT2D eigenvalue weighted by molar-refractivity contribution is -0.138. The zero-order chi connectivity index (χ0) is 32.1. The highest BCUT2D eigenvalue weighted by atomic mass is 16.5. The normalized spacial score (nSPS) is 10.5. The van der Waals surface area contributed by atoms with Crippen LogP contribution in [0.5, 0.6) is 0 Å². The number of anilines is 3. The summed E-state index contributed by atoms with van der Waals surface area (Å²) in [5, 5.41) is 0. The van der Waals surface area contributed by atoms with Gasteiger partial charge in [0, 0.05) is 42.1 Å². The summed E-state index contributed by atoms with van der Waals surface area (Å²) in [5.41, 5.74) is 10.0. The van der Waals surface area contributed by atoms with Crippen molar-refractivity contribution in [2.24, 2.45) is 0 Å². The first-order valence-corrected chi connectivity index (χ1v) is 15.3. The summed E-state index contributed by atoms with van der Waals surface area (Å²) >= 11 is 0. The minimum absolute atomic E-state index is 0.298. The third-order valence-corrected chi connectivity index (χ3v) is 7.66. The molecule has 0 aliphatic rings. The van der Waals surface area contributed by atoms with Gasteiger partial charge in [0.25, 0.3) is 0 Å². The standard InChI is InChI=1S/C41H37NO4/c1-3-40(43)45-28-26-31-12-20-37(21-13-31)42(38-22-14-32(15-23-38)27-29-46-41(44)4-2)39-24-18-36(19-25-39)35-16-10-34(11-17-35)30-33-8-6-5-7-9-33/h3-25H,1-2,26-30H2. The number of hydrogen-bond donors (Lipinski definition) is 0. The number of benzene rings is 5. The van der Waals surface area contributed by atoms with Crippen molar-refractivity contribution >= 4 is 29.0 Å². The lowest BCUT2D eigenvalue weighted by atomic mass is 10.00. The zero-order valence-corrected chi connectivity index (χ0v) is 25.8. The van der Waals surface area contributed by atoms with Crippen LogP contribution in [0.1, 0.15) is 22.3 Å². The van der Waals surface area contributed by atoms with Gasteiger partial charge in [-0.05, 0) is 76.2 Å². The fourth-order valence-corrected chi connectivity index (χ4v) is 5.18. The van der Waals surface area contributed by atoms with Crippen LogP contribution in [0.15, 0.2) is 153 Å². The van der Waals surface area contributed by atoms with E-state index in [1.165, 1.54) is 23.3 Å². The van der Waals surface area contributed by atoms with Gasteiger partial charge in [-0.1, -0.05) is 104 Å². The molecule has 0 aromatic heterocycles. The van der Waals surface area contributed by atoms with Crippen molar-refractivity contribution in [2.45, 2.75) is 19.3 Å². The molecule has 5 heteroatoms. The molecule has 5 aromatic rings. The van der Waals surface area contributed by atoms with Crippen LogP contribution < -0.4 is 4.90 Å². The monoisotopic (exact) mass is 607 g/mol. The maximum absolute atomic E-state index is 11.4. The summed E-state index contributed by atoms with van der Waals surface area (Å²) in [4.78, 5) is 25.0. The van der Waals surface area contributed by atoms with Gasteiger partial charge in [0.1, 0.15) is 0 Å². The molecule has 0 N–H and O–H groups in total. The van der Waals surface area contributed by atoms with Crippen LogP contribution in [0.25, 0.3) is 11.1 Å². The van der Waals surface area contributed by atoms with E-state index in [0.29, 0.717) is 26.1 Å². The second-order valence-corrected chi connectivity index (χ2v) is 10.8. The van der Waals surface area contributed by atoms with E-state index in [4.69, 9.17) is 9.47 Å². The van der Waals surface area contributed by atoms with Crippen molar-refractivity contribution in [3.63, 3.8) is 0 Å². The molecule has 0 heterocycles. The van der Waals surface area contributed by atoms with Gasteiger partial charge in [-0.25, -0.2) is 9.59 Å². The van der Waals surface area contributed by atoms with Crippen molar-refractivity contribution in [1.29, 1.82) is 0 Å². The highest BCUT2D eigenvalue weighted by molar-refractivity contribution is 5.81. The zero-order valence-electron chi connectivity index (χ0n) is 25.8. The molecular formula is C41H37NO4. The van der Waals surface area contributed by atoms with Gasteiger partial charge in [-0.2, -0.15) is 0 Å². The lowest BCUT2D eigenvalue weighted by Gasteiger charge is -2.26. The molecule has 0 fully saturated rings. The van der Waals surface area contributed by atoms with Crippen molar-refractivity contribution in [3.8, 4) is 11.1 Å². The van der Waals surface area contributed by atoms with Gasteiger partial charge < -0.3 is 14.4 Å². The Balaban J connectivity index is 1.35. The van der Waals surface area contributed by atoms with E-state index in [2.05, 4.69) is 139 Å². The fourth-order valence-electron chi connectivity index (χ4n) is 5.18. The van der Waals surface area contributed by atoms with E-state index in [1.54, 1.807) is 0 Å². The molecule has 0 aliphatic heterocycles. The van der Waals surface area contributed by atoms with E-state index in [1.807, 2.05) is 6.07 Å². The summed E-state index contributed by atoms with van der Waals surface area (Å²) in [5.74, 6) is -0.839. The maximum Gasteiger partial charge on any atom is 0.330 e. The van der Waals surface area contributed by atoms with E-state index in [9.17, 15) is 9.59 Å². The van der Waals surface area contributed by atoms with Gasteiger partial charge in [0.15, 0.2) is 0 Å². The second-order valence-electron chi connectivity index (χ2n) is 10.8. The molecule has 230 valence electrons. The molecular weight excluding hydrogens is 570 g/mol. The topological polar surface area (TPSA) is 55.8 Å². The van der Waals surface area contributed by atoms with Gasteiger partial charge in [-0.15, -0.1) is 0 Å². The Hall–Kier alpha value is -5.68. The largest absolute Gasteiger partial charge is 0.462 e. The maximum atomic E-state index is 11.4. The predicted molar refractivity (Wildman–Crippen MR) is 186 cm³/mol. The molecule has 0 atom stereocenters. The quantitative estimate of drug-likeness (QED) is 0.0932. The summed E-state index contributed by atoms with van der Waals surface area (Å²) in [6.07, 6.45) is 4.49. The van der Waals surface area contributed by atoms with E-state index in [-0.39, 0.29) is 0 Å². The van der Waals surface area contributed by atoms with E-state index < -0.39 is 11.9 Å². The molecule has 0 unspecified atom stereocenters. The number of nitrogens with zero attached hydrogens (tertiary/aromatic N) is 1. The van der Waals surface area contributed by atoms with E-state index >= 15 is 0 Å². The number of ether oxygens (including phenoxy) is 2. The second kappa shape index (κ2) is 15.9. The Kier molecular flexibility index (Phi) is 10.9. The molecule has 0 bridgehead atoms. The molecule has 0 spiro atoms. The SMILES string of the molecule is C=CC(=O)OCCc1ccc(N(c2ccc(CCOC(=O)C=C)cc2)c2ccc(-c3ccc(Cc4ccccc4)cc3)cc2)cc1. The van der Waals surface area contributed by atoms with Gasteiger partial charge >= 0.3 is 11.9 Å². The Morgan fingerprint density at radius 3 is 1.30 bits per heavy atom. The number of carbonyl (C=O) groups excluding carboxylic acids is 2. The molecule has 5 aromatic carbocycles. The summed E-state index contributed by atoms with van der Waals surface area (Å²) in [6, 6.07) is 44.4. The van der Waals surface area contributed by atoms with Crippen molar-refractivity contribution in [1.82, 2.24) is 0 Å². The van der Waals surface area contributed by atoms with Crippen LogP contribution in [0.3, 0.4) is 0 Å². The minimum atomic E-state index is -0.420. The van der Waals surface area contributed by atoms with Crippen molar-refractivity contribution in [2.75, 3.05) is 18.1 Å². The lowest BCUT2D eigenvalue weighted by Crippen LogP contribution is -2.10. The van der Waals surface area contributed by atoms with Crippen molar-refractivity contribution in [3.05, 3.63) is 175 Å². The van der Waals surface area contributed by atoms with Gasteiger partial charge in [-0.3, -0.25) is 0 Å². The minimum Gasteiger partial charge on any atom is -0.462 e. The first-order chi connectivity index (χ1) is 22.5. The summed E-state index contributed by atoms with van der Waals surface area (Å²) < 4.78 is 10.3. The molecule has 0 saturated heterocycles. The molecule has 5 nitrogen and oxygen atoms in total. The van der Waals surface area contributed by atoms with Crippen LogP contribution in [-0.4, -0.2) is 25.2 Å².